The van der Waals surface area contributed by atoms with E-state index in [1.807, 2.05) is 12.1 Å². The first-order valence-electron chi connectivity index (χ1n) is 8.44. The van der Waals surface area contributed by atoms with E-state index in [4.69, 9.17) is 0 Å². The van der Waals surface area contributed by atoms with Crippen molar-refractivity contribution < 1.29 is 5.11 Å². The fraction of sp³-hybridized carbons (Fsp3) is 0.350. The van der Waals surface area contributed by atoms with Crippen LogP contribution in [0.25, 0.3) is 0 Å². The number of hydrogen-bond acceptors (Lipinski definition) is 2. The van der Waals surface area contributed by atoms with Crippen molar-refractivity contribution in [3.05, 3.63) is 64.7 Å². The number of nitrogens with zero attached hydrogens (tertiary/aromatic N) is 1. The van der Waals surface area contributed by atoms with Gasteiger partial charge in [0, 0.05) is 13.1 Å². The molecule has 2 aromatic carbocycles. The predicted octanol–water partition coefficient (Wildman–Crippen LogP) is 3.92. The number of hydrogen-bond donors (Lipinski definition) is 3. The molecule has 4 nitrogen and oxygen atoms in total. The summed E-state index contributed by atoms with van der Waals surface area (Å²) in [6.45, 7) is 8.57. The highest BCUT2D eigenvalue weighted by molar-refractivity contribution is 14.0. The van der Waals surface area contributed by atoms with E-state index in [9.17, 15) is 5.11 Å². The minimum atomic E-state index is 0. The highest BCUT2D eigenvalue weighted by Gasteiger charge is 2.00. The zero-order valence-electron chi connectivity index (χ0n) is 15.2. The van der Waals surface area contributed by atoms with E-state index in [1.165, 1.54) is 16.7 Å². The molecule has 0 atom stereocenters. The normalized spacial score (nSPS) is 10.9. The molecule has 2 aromatic rings. The lowest BCUT2D eigenvalue weighted by molar-refractivity contribution is 0.475. The largest absolute Gasteiger partial charge is 0.508 e. The Labute approximate surface area is 167 Å². The molecule has 136 valence electrons. The summed E-state index contributed by atoms with van der Waals surface area (Å²) in [7, 11) is 0. The van der Waals surface area contributed by atoms with Crippen LogP contribution in [0.5, 0.6) is 5.75 Å². The zero-order chi connectivity index (χ0) is 17.4. The van der Waals surface area contributed by atoms with Crippen LogP contribution in [0.3, 0.4) is 0 Å². The van der Waals surface area contributed by atoms with Gasteiger partial charge in [-0.3, -0.25) is 0 Å². The van der Waals surface area contributed by atoms with Crippen LogP contribution in [-0.2, 0) is 13.0 Å². The second kappa shape index (κ2) is 11.0. The van der Waals surface area contributed by atoms with E-state index in [-0.39, 0.29) is 29.7 Å². The van der Waals surface area contributed by atoms with Crippen molar-refractivity contribution >= 4 is 29.9 Å². The molecule has 0 fully saturated rings. The van der Waals surface area contributed by atoms with Crippen LogP contribution >= 0.6 is 24.0 Å². The standard InChI is InChI=1S/C20H27N3O.HI/c1-4-21-20(23-14-17-5-7-19(24)8-6-17)22-10-9-18-12-15(2)11-16(3)13-18;/h5-8,11-13,24H,4,9-10,14H2,1-3H3,(H2,21,22,23);1H. The average molecular weight is 453 g/mol. The molecule has 0 spiro atoms. The Morgan fingerprint density at radius 2 is 1.60 bits per heavy atom. The molecule has 0 bridgehead atoms. The summed E-state index contributed by atoms with van der Waals surface area (Å²) in [6.07, 6.45) is 0.964. The molecule has 0 aliphatic carbocycles. The molecule has 25 heavy (non-hydrogen) atoms. The maximum Gasteiger partial charge on any atom is 0.191 e. The van der Waals surface area contributed by atoms with Crippen LogP contribution < -0.4 is 10.6 Å². The smallest absolute Gasteiger partial charge is 0.191 e. The minimum absolute atomic E-state index is 0. The number of nitrogens with one attached hydrogen (secondary N) is 2. The van der Waals surface area contributed by atoms with Crippen LogP contribution in [0, 0.1) is 13.8 Å². The van der Waals surface area contributed by atoms with Crippen LogP contribution in [0.2, 0.25) is 0 Å². The van der Waals surface area contributed by atoms with Crippen molar-refractivity contribution in [3.63, 3.8) is 0 Å². The molecule has 0 aliphatic rings. The fourth-order valence-corrected chi connectivity index (χ4v) is 2.65. The fourth-order valence-electron chi connectivity index (χ4n) is 2.65. The summed E-state index contributed by atoms with van der Waals surface area (Å²) in [4.78, 5) is 4.59. The summed E-state index contributed by atoms with van der Waals surface area (Å²) in [5.41, 5.74) is 5.02. The van der Waals surface area contributed by atoms with Crippen molar-refractivity contribution in [2.24, 2.45) is 4.99 Å². The number of aromatic hydroxyl groups is 1. The van der Waals surface area contributed by atoms with E-state index >= 15 is 0 Å². The highest BCUT2D eigenvalue weighted by atomic mass is 127. The Hall–Kier alpha value is -1.76. The molecule has 0 amide bonds. The van der Waals surface area contributed by atoms with Crippen molar-refractivity contribution in [1.82, 2.24) is 10.6 Å². The number of rotatable bonds is 6. The summed E-state index contributed by atoms with van der Waals surface area (Å²) in [5.74, 6) is 1.09. The van der Waals surface area contributed by atoms with E-state index < -0.39 is 0 Å². The van der Waals surface area contributed by atoms with Crippen LogP contribution in [0.1, 0.15) is 29.2 Å². The second-order valence-electron chi connectivity index (χ2n) is 6.03. The van der Waals surface area contributed by atoms with Crippen LogP contribution in [-0.4, -0.2) is 24.2 Å². The molecule has 0 unspecified atom stereocenters. The highest BCUT2D eigenvalue weighted by Crippen LogP contribution is 2.10. The van der Waals surface area contributed by atoms with Gasteiger partial charge in [-0.2, -0.15) is 0 Å². The van der Waals surface area contributed by atoms with Gasteiger partial charge in [0.2, 0.25) is 0 Å². The first-order valence-corrected chi connectivity index (χ1v) is 8.44. The Morgan fingerprint density at radius 3 is 2.20 bits per heavy atom. The molecule has 0 aliphatic heterocycles. The average Bonchev–Trinajstić information content (AvgIpc) is 2.53. The van der Waals surface area contributed by atoms with Gasteiger partial charge < -0.3 is 15.7 Å². The number of aryl methyl sites for hydroxylation is 2. The zero-order valence-corrected chi connectivity index (χ0v) is 17.5. The molecule has 0 aromatic heterocycles. The monoisotopic (exact) mass is 453 g/mol. The summed E-state index contributed by atoms with van der Waals surface area (Å²) in [6, 6.07) is 13.8. The Kier molecular flexibility index (Phi) is 9.34. The van der Waals surface area contributed by atoms with E-state index in [0.29, 0.717) is 6.54 Å². The Balaban J connectivity index is 0.00000312. The van der Waals surface area contributed by atoms with Crippen LogP contribution in [0.4, 0.5) is 0 Å². The van der Waals surface area contributed by atoms with Crippen molar-refractivity contribution in [1.29, 1.82) is 0 Å². The molecule has 5 heteroatoms. The molecule has 0 heterocycles. The first-order chi connectivity index (χ1) is 11.6. The maximum atomic E-state index is 9.32. The third kappa shape index (κ3) is 7.77. The van der Waals surface area contributed by atoms with E-state index in [2.05, 4.69) is 54.6 Å². The second-order valence-corrected chi connectivity index (χ2v) is 6.03. The number of phenols is 1. The molecule has 3 N–H and O–H groups in total. The number of guanidine groups is 1. The topological polar surface area (TPSA) is 56.7 Å². The van der Waals surface area contributed by atoms with Crippen molar-refractivity contribution in [3.8, 4) is 5.75 Å². The van der Waals surface area contributed by atoms with Crippen molar-refractivity contribution in [2.45, 2.75) is 33.7 Å². The van der Waals surface area contributed by atoms with Crippen molar-refractivity contribution in [2.75, 3.05) is 13.1 Å². The predicted molar refractivity (Wildman–Crippen MR) is 116 cm³/mol. The number of aliphatic imine (C=N–C) groups is 1. The first kappa shape index (κ1) is 21.3. The van der Waals surface area contributed by atoms with Gasteiger partial charge in [-0.25, -0.2) is 4.99 Å². The van der Waals surface area contributed by atoms with Gasteiger partial charge in [0.05, 0.1) is 6.54 Å². The van der Waals surface area contributed by atoms with Gasteiger partial charge in [0.15, 0.2) is 5.96 Å². The summed E-state index contributed by atoms with van der Waals surface area (Å²) in [5, 5.41) is 16.0. The Morgan fingerprint density at radius 1 is 0.960 bits per heavy atom. The molecule has 0 radical (unpaired) electrons. The maximum absolute atomic E-state index is 9.32. The molecular formula is C20H28IN3O. The van der Waals surface area contributed by atoms with Gasteiger partial charge >= 0.3 is 0 Å². The number of phenolic OH excluding ortho intramolecular Hbond substituents is 1. The van der Waals surface area contributed by atoms with Gasteiger partial charge in [-0.15, -0.1) is 24.0 Å². The number of halogens is 1. The lowest BCUT2D eigenvalue weighted by Gasteiger charge is -2.12. The van der Waals surface area contributed by atoms with Gasteiger partial charge in [-0.1, -0.05) is 41.5 Å². The molecular weight excluding hydrogens is 425 g/mol. The summed E-state index contributed by atoms with van der Waals surface area (Å²) < 4.78 is 0. The molecule has 2 rings (SSSR count). The molecule has 0 saturated carbocycles. The third-order valence-corrected chi connectivity index (χ3v) is 3.69. The molecule has 0 saturated heterocycles. The van der Waals surface area contributed by atoms with Gasteiger partial charge in [-0.05, 0) is 50.5 Å². The van der Waals surface area contributed by atoms with E-state index in [0.717, 1.165) is 31.0 Å². The van der Waals surface area contributed by atoms with Gasteiger partial charge in [0.1, 0.15) is 5.75 Å². The lowest BCUT2D eigenvalue weighted by Crippen LogP contribution is -2.38. The minimum Gasteiger partial charge on any atom is -0.508 e. The lowest BCUT2D eigenvalue weighted by atomic mass is 10.1. The third-order valence-electron chi connectivity index (χ3n) is 3.69. The number of benzene rings is 2. The van der Waals surface area contributed by atoms with Gasteiger partial charge in [0.25, 0.3) is 0 Å². The van der Waals surface area contributed by atoms with E-state index in [1.54, 1.807) is 12.1 Å². The Bertz CT molecular complexity index is 664. The summed E-state index contributed by atoms with van der Waals surface area (Å²) >= 11 is 0. The van der Waals surface area contributed by atoms with Crippen LogP contribution in [0.15, 0.2) is 47.5 Å². The SMILES string of the molecule is CCNC(=NCc1ccc(O)cc1)NCCc1cc(C)cc(C)c1.I. The quantitative estimate of drug-likeness (QED) is 0.353.